The Labute approximate surface area is 122 Å². The van der Waals surface area contributed by atoms with Gasteiger partial charge in [0.1, 0.15) is 11.5 Å². The van der Waals surface area contributed by atoms with Crippen LogP contribution >= 0.6 is 11.6 Å². The summed E-state index contributed by atoms with van der Waals surface area (Å²) in [5.41, 5.74) is 1.64. The van der Waals surface area contributed by atoms with E-state index >= 15 is 0 Å². The topological polar surface area (TPSA) is 39.1 Å². The van der Waals surface area contributed by atoms with Gasteiger partial charge in [-0.15, -0.1) is 0 Å². The zero-order chi connectivity index (χ0) is 14.7. The predicted molar refractivity (Wildman–Crippen MR) is 76.7 cm³/mol. The molecule has 0 bridgehead atoms. The van der Waals surface area contributed by atoms with E-state index in [4.69, 9.17) is 16.3 Å². The summed E-state index contributed by atoms with van der Waals surface area (Å²) in [5.74, 6) is 0.310. The SMILES string of the molecule is CCNC(c1ccc(F)cc1Cl)c1c(OC)cnn1C. The number of nitrogens with one attached hydrogen (secondary N) is 1. The Morgan fingerprint density at radius 3 is 2.85 bits per heavy atom. The van der Waals surface area contributed by atoms with Gasteiger partial charge in [0.15, 0.2) is 5.75 Å². The Morgan fingerprint density at radius 2 is 2.25 bits per heavy atom. The number of ether oxygens (including phenoxy) is 1. The van der Waals surface area contributed by atoms with Crippen LogP contribution in [0.15, 0.2) is 24.4 Å². The summed E-state index contributed by atoms with van der Waals surface area (Å²) in [6.45, 7) is 2.72. The van der Waals surface area contributed by atoms with Crippen molar-refractivity contribution in [2.24, 2.45) is 7.05 Å². The molecule has 0 aliphatic rings. The molecule has 1 aromatic heterocycles. The van der Waals surface area contributed by atoms with E-state index in [2.05, 4.69) is 10.4 Å². The second kappa shape index (κ2) is 6.24. The van der Waals surface area contributed by atoms with Crippen LogP contribution in [0.4, 0.5) is 4.39 Å². The zero-order valence-corrected chi connectivity index (χ0v) is 12.4. The molecule has 0 amide bonds. The van der Waals surface area contributed by atoms with Gasteiger partial charge in [-0.3, -0.25) is 4.68 Å². The number of methoxy groups -OCH3 is 1. The summed E-state index contributed by atoms with van der Waals surface area (Å²) in [4.78, 5) is 0. The van der Waals surface area contributed by atoms with Crippen LogP contribution in [0.25, 0.3) is 0 Å². The van der Waals surface area contributed by atoms with E-state index in [1.807, 2.05) is 14.0 Å². The Bertz CT molecular complexity index is 600. The maximum absolute atomic E-state index is 13.2. The summed E-state index contributed by atoms with van der Waals surface area (Å²) in [6.07, 6.45) is 1.65. The lowest BCUT2D eigenvalue weighted by molar-refractivity contribution is 0.401. The van der Waals surface area contributed by atoms with Gasteiger partial charge in [0.25, 0.3) is 0 Å². The predicted octanol–water partition coefficient (Wildman–Crippen LogP) is 2.92. The molecule has 2 aromatic rings. The van der Waals surface area contributed by atoms with Crippen molar-refractivity contribution in [3.8, 4) is 5.75 Å². The van der Waals surface area contributed by atoms with Crippen molar-refractivity contribution >= 4 is 11.6 Å². The highest BCUT2D eigenvalue weighted by Crippen LogP contribution is 2.33. The second-order valence-electron chi connectivity index (χ2n) is 4.38. The maximum Gasteiger partial charge on any atom is 0.161 e. The van der Waals surface area contributed by atoms with Crippen LogP contribution in [0.5, 0.6) is 5.75 Å². The highest BCUT2D eigenvalue weighted by atomic mass is 35.5. The molecular weight excluding hydrogens is 281 g/mol. The summed E-state index contributed by atoms with van der Waals surface area (Å²) >= 11 is 6.17. The monoisotopic (exact) mass is 297 g/mol. The average molecular weight is 298 g/mol. The van der Waals surface area contributed by atoms with Crippen LogP contribution in [-0.4, -0.2) is 23.4 Å². The van der Waals surface area contributed by atoms with E-state index in [1.165, 1.54) is 12.1 Å². The quantitative estimate of drug-likeness (QED) is 0.922. The molecule has 1 heterocycles. The Morgan fingerprint density at radius 1 is 1.50 bits per heavy atom. The van der Waals surface area contributed by atoms with Crippen LogP contribution < -0.4 is 10.1 Å². The lowest BCUT2D eigenvalue weighted by atomic mass is 10.0. The van der Waals surface area contributed by atoms with E-state index in [-0.39, 0.29) is 11.9 Å². The van der Waals surface area contributed by atoms with Crippen molar-refractivity contribution < 1.29 is 9.13 Å². The molecule has 108 valence electrons. The lowest BCUT2D eigenvalue weighted by Gasteiger charge is -2.21. The molecular formula is C14H17ClFN3O. The number of nitrogens with zero attached hydrogens (tertiary/aromatic N) is 2. The summed E-state index contributed by atoms with van der Waals surface area (Å²) < 4.78 is 20.3. The minimum absolute atomic E-state index is 0.212. The number of hydrogen-bond acceptors (Lipinski definition) is 3. The van der Waals surface area contributed by atoms with Gasteiger partial charge >= 0.3 is 0 Å². The molecule has 1 N–H and O–H groups in total. The molecule has 0 saturated carbocycles. The van der Waals surface area contributed by atoms with E-state index in [1.54, 1.807) is 24.1 Å². The van der Waals surface area contributed by atoms with Gasteiger partial charge in [0.2, 0.25) is 0 Å². The summed E-state index contributed by atoms with van der Waals surface area (Å²) in [7, 11) is 3.43. The molecule has 0 aliphatic heterocycles. The van der Waals surface area contributed by atoms with Gasteiger partial charge in [-0.2, -0.15) is 5.10 Å². The summed E-state index contributed by atoms with van der Waals surface area (Å²) in [5, 5.41) is 7.90. The first kappa shape index (κ1) is 14.8. The first-order valence-electron chi connectivity index (χ1n) is 6.32. The van der Waals surface area contributed by atoms with Gasteiger partial charge in [-0.1, -0.05) is 24.6 Å². The molecule has 2 rings (SSSR count). The number of rotatable bonds is 5. The molecule has 0 spiro atoms. The van der Waals surface area contributed by atoms with E-state index in [9.17, 15) is 4.39 Å². The van der Waals surface area contributed by atoms with Crippen molar-refractivity contribution in [2.45, 2.75) is 13.0 Å². The van der Waals surface area contributed by atoms with Crippen molar-refractivity contribution in [2.75, 3.05) is 13.7 Å². The Kier molecular flexibility index (Phi) is 4.62. The minimum atomic E-state index is -0.356. The number of benzene rings is 1. The van der Waals surface area contributed by atoms with Crippen molar-refractivity contribution in [1.29, 1.82) is 0 Å². The Hall–Kier alpha value is -1.59. The fraction of sp³-hybridized carbons (Fsp3) is 0.357. The number of halogens is 2. The first-order valence-corrected chi connectivity index (χ1v) is 6.70. The molecule has 0 fully saturated rings. The van der Waals surface area contributed by atoms with Crippen LogP contribution in [0.2, 0.25) is 5.02 Å². The number of aromatic nitrogens is 2. The average Bonchev–Trinajstić information content (AvgIpc) is 2.78. The minimum Gasteiger partial charge on any atom is -0.493 e. The third-order valence-electron chi connectivity index (χ3n) is 3.12. The first-order chi connectivity index (χ1) is 9.58. The lowest BCUT2D eigenvalue weighted by Crippen LogP contribution is -2.25. The Balaban J connectivity index is 2.53. The second-order valence-corrected chi connectivity index (χ2v) is 4.79. The normalized spacial score (nSPS) is 12.4. The van der Waals surface area contributed by atoms with Gasteiger partial charge < -0.3 is 10.1 Å². The van der Waals surface area contributed by atoms with E-state index in [0.717, 1.165) is 17.8 Å². The number of aryl methyl sites for hydroxylation is 1. The third kappa shape index (κ3) is 2.78. The fourth-order valence-electron chi connectivity index (χ4n) is 2.21. The standard InChI is InChI=1S/C14H17ClFN3O/c1-4-17-13(10-6-5-9(16)7-11(10)15)14-12(20-3)8-18-19(14)2/h5-8,13,17H,4H2,1-3H3. The molecule has 4 nitrogen and oxygen atoms in total. The van der Waals surface area contributed by atoms with Crippen molar-refractivity contribution in [3.63, 3.8) is 0 Å². The zero-order valence-electron chi connectivity index (χ0n) is 11.7. The molecule has 20 heavy (non-hydrogen) atoms. The highest BCUT2D eigenvalue weighted by Gasteiger charge is 2.23. The van der Waals surface area contributed by atoms with Crippen LogP contribution in [0, 0.1) is 5.82 Å². The maximum atomic E-state index is 13.2. The van der Waals surface area contributed by atoms with Gasteiger partial charge in [-0.25, -0.2) is 4.39 Å². The molecule has 1 aromatic carbocycles. The summed E-state index contributed by atoms with van der Waals surface area (Å²) in [6, 6.07) is 4.17. The molecule has 6 heteroatoms. The van der Waals surface area contributed by atoms with E-state index in [0.29, 0.717) is 10.8 Å². The molecule has 0 saturated heterocycles. The van der Waals surface area contributed by atoms with Crippen LogP contribution in [-0.2, 0) is 7.05 Å². The fourth-order valence-corrected chi connectivity index (χ4v) is 2.48. The van der Waals surface area contributed by atoms with Crippen LogP contribution in [0.3, 0.4) is 0 Å². The van der Waals surface area contributed by atoms with Gasteiger partial charge in [0.05, 0.1) is 19.3 Å². The van der Waals surface area contributed by atoms with Crippen LogP contribution in [0.1, 0.15) is 24.2 Å². The number of hydrogen-bond donors (Lipinski definition) is 1. The molecule has 1 atom stereocenters. The van der Waals surface area contributed by atoms with Crippen molar-refractivity contribution in [1.82, 2.24) is 15.1 Å². The third-order valence-corrected chi connectivity index (χ3v) is 3.45. The largest absolute Gasteiger partial charge is 0.493 e. The van der Waals surface area contributed by atoms with Crippen molar-refractivity contribution in [3.05, 3.63) is 46.5 Å². The molecule has 1 unspecified atom stereocenters. The smallest absolute Gasteiger partial charge is 0.161 e. The van der Waals surface area contributed by atoms with Gasteiger partial charge in [-0.05, 0) is 24.2 Å². The van der Waals surface area contributed by atoms with E-state index < -0.39 is 0 Å². The molecule has 0 aliphatic carbocycles. The van der Waals surface area contributed by atoms with Gasteiger partial charge in [0, 0.05) is 12.1 Å². The molecule has 0 radical (unpaired) electrons. The highest BCUT2D eigenvalue weighted by molar-refractivity contribution is 6.31.